The van der Waals surface area contributed by atoms with Crippen molar-refractivity contribution in [2.24, 2.45) is 0 Å². The molecule has 3 aromatic rings. The maximum absolute atomic E-state index is 11.3. The minimum atomic E-state index is 0.170. The van der Waals surface area contributed by atoms with E-state index in [2.05, 4.69) is 22.0 Å². The third-order valence-electron chi connectivity index (χ3n) is 4.60. The molecule has 4 rings (SSSR count). The van der Waals surface area contributed by atoms with Crippen LogP contribution in [0.3, 0.4) is 0 Å². The summed E-state index contributed by atoms with van der Waals surface area (Å²) in [6.07, 6.45) is 0.747. The van der Waals surface area contributed by atoms with Crippen LogP contribution in [0.5, 0.6) is 17.2 Å². The molecule has 0 radical (unpaired) electrons. The summed E-state index contributed by atoms with van der Waals surface area (Å²) in [6, 6.07) is 18.8. The van der Waals surface area contributed by atoms with E-state index in [9.17, 15) is 10.1 Å². The fraction of sp³-hybridized carbons (Fsp3) is 0.130. The lowest BCUT2D eigenvalue weighted by molar-refractivity contribution is 0.111. The lowest BCUT2D eigenvalue weighted by atomic mass is 9.96. The number of benzene rings is 3. The van der Waals surface area contributed by atoms with Crippen LogP contribution in [0.4, 0.5) is 0 Å². The van der Waals surface area contributed by atoms with Crippen LogP contribution >= 0.6 is 15.9 Å². The van der Waals surface area contributed by atoms with E-state index in [0.29, 0.717) is 41.6 Å². The normalized spacial score (nSPS) is 12.1. The van der Waals surface area contributed by atoms with Crippen LogP contribution in [0, 0.1) is 11.3 Å². The van der Waals surface area contributed by atoms with E-state index in [4.69, 9.17) is 14.2 Å². The van der Waals surface area contributed by atoms with Crippen molar-refractivity contribution in [3.8, 4) is 34.4 Å². The van der Waals surface area contributed by atoms with E-state index in [0.717, 1.165) is 27.4 Å². The molecule has 0 fully saturated rings. The number of hydrogen-bond acceptors (Lipinski definition) is 5. The number of aldehydes is 1. The third-order valence-corrected chi connectivity index (χ3v) is 5.09. The van der Waals surface area contributed by atoms with E-state index in [1.165, 1.54) is 0 Å². The number of carbonyl (C=O) groups is 1. The topological polar surface area (TPSA) is 68.5 Å². The van der Waals surface area contributed by atoms with Gasteiger partial charge in [0.25, 0.3) is 0 Å². The van der Waals surface area contributed by atoms with Crippen molar-refractivity contribution in [3.05, 3.63) is 75.8 Å². The highest BCUT2D eigenvalue weighted by Crippen LogP contribution is 2.36. The second kappa shape index (κ2) is 8.38. The Hall–Kier alpha value is -3.30. The van der Waals surface area contributed by atoms with Gasteiger partial charge in [-0.25, -0.2) is 0 Å². The Morgan fingerprint density at radius 1 is 1.07 bits per heavy atom. The number of rotatable bonds is 5. The molecule has 1 aliphatic heterocycles. The third kappa shape index (κ3) is 3.96. The van der Waals surface area contributed by atoms with Gasteiger partial charge in [-0.2, -0.15) is 5.26 Å². The van der Waals surface area contributed by atoms with Gasteiger partial charge in [-0.05, 0) is 41.5 Å². The zero-order valence-electron chi connectivity index (χ0n) is 15.4. The SMILES string of the molecule is N#Cc1c(COc2ccc(Br)cc2C=O)cccc1-c1ccc2c(c1)OCCO2. The van der Waals surface area contributed by atoms with Crippen molar-refractivity contribution in [2.75, 3.05) is 13.2 Å². The average molecular weight is 450 g/mol. The summed E-state index contributed by atoms with van der Waals surface area (Å²) < 4.78 is 17.9. The summed E-state index contributed by atoms with van der Waals surface area (Å²) in [6.45, 7) is 1.20. The van der Waals surface area contributed by atoms with E-state index in [-0.39, 0.29) is 6.61 Å². The van der Waals surface area contributed by atoms with Crippen molar-refractivity contribution >= 4 is 22.2 Å². The second-order valence-electron chi connectivity index (χ2n) is 6.40. The first-order valence-electron chi connectivity index (χ1n) is 8.99. The fourth-order valence-electron chi connectivity index (χ4n) is 3.20. The number of halogens is 1. The summed E-state index contributed by atoms with van der Waals surface area (Å²) in [5, 5.41) is 9.81. The van der Waals surface area contributed by atoms with Crippen LogP contribution in [-0.2, 0) is 6.61 Å². The Labute approximate surface area is 176 Å². The summed E-state index contributed by atoms with van der Waals surface area (Å²) >= 11 is 3.34. The zero-order valence-corrected chi connectivity index (χ0v) is 16.9. The van der Waals surface area contributed by atoms with Crippen LogP contribution in [0.1, 0.15) is 21.5 Å². The van der Waals surface area contributed by atoms with E-state index < -0.39 is 0 Å². The molecule has 0 bridgehead atoms. The zero-order chi connectivity index (χ0) is 20.2. The number of ether oxygens (including phenoxy) is 3. The molecule has 0 aromatic heterocycles. The Bertz CT molecular complexity index is 1120. The van der Waals surface area contributed by atoms with Gasteiger partial charge in [-0.1, -0.05) is 40.2 Å². The maximum atomic E-state index is 11.3. The van der Waals surface area contributed by atoms with Crippen LogP contribution in [-0.4, -0.2) is 19.5 Å². The van der Waals surface area contributed by atoms with Crippen molar-refractivity contribution in [1.29, 1.82) is 5.26 Å². The smallest absolute Gasteiger partial charge is 0.161 e. The Morgan fingerprint density at radius 3 is 2.69 bits per heavy atom. The molecular formula is C23H16BrNO4. The van der Waals surface area contributed by atoms with Gasteiger partial charge in [0, 0.05) is 10.0 Å². The van der Waals surface area contributed by atoms with Crippen LogP contribution in [0.2, 0.25) is 0 Å². The van der Waals surface area contributed by atoms with Gasteiger partial charge in [0.05, 0.1) is 11.1 Å². The van der Waals surface area contributed by atoms with Gasteiger partial charge in [0.15, 0.2) is 17.8 Å². The standard InChI is InChI=1S/C23H16BrNO4/c24-18-5-7-21(17(10-18)13-26)29-14-16-2-1-3-19(20(16)12-25)15-4-6-22-23(11-15)28-9-8-27-22/h1-7,10-11,13H,8-9,14H2. The van der Waals surface area contributed by atoms with Crippen molar-refractivity contribution < 1.29 is 19.0 Å². The Morgan fingerprint density at radius 2 is 1.90 bits per heavy atom. The van der Waals surface area contributed by atoms with Crippen molar-refractivity contribution in [2.45, 2.75) is 6.61 Å². The number of carbonyl (C=O) groups excluding carboxylic acids is 1. The molecule has 6 heteroatoms. The van der Waals surface area contributed by atoms with Gasteiger partial charge in [-0.15, -0.1) is 0 Å². The van der Waals surface area contributed by atoms with Crippen molar-refractivity contribution in [3.63, 3.8) is 0 Å². The molecule has 1 aliphatic rings. The predicted octanol–water partition coefficient (Wildman–Crippen LogP) is 5.15. The highest BCUT2D eigenvalue weighted by atomic mass is 79.9. The first-order chi connectivity index (χ1) is 14.2. The molecular weight excluding hydrogens is 434 g/mol. The highest BCUT2D eigenvalue weighted by Gasteiger charge is 2.16. The van der Waals surface area contributed by atoms with Gasteiger partial charge >= 0.3 is 0 Å². The number of nitrogens with zero attached hydrogens (tertiary/aromatic N) is 1. The first-order valence-corrected chi connectivity index (χ1v) is 9.78. The van der Waals surface area contributed by atoms with Gasteiger partial charge in [-0.3, -0.25) is 4.79 Å². The molecule has 0 saturated carbocycles. The maximum Gasteiger partial charge on any atom is 0.161 e. The highest BCUT2D eigenvalue weighted by molar-refractivity contribution is 9.10. The lowest BCUT2D eigenvalue weighted by Crippen LogP contribution is -2.15. The molecule has 1 heterocycles. The van der Waals surface area contributed by atoms with Crippen LogP contribution < -0.4 is 14.2 Å². The lowest BCUT2D eigenvalue weighted by Gasteiger charge is -2.19. The van der Waals surface area contributed by atoms with Gasteiger partial charge in [0.2, 0.25) is 0 Å². The summed E-state index contributed by atoms with van der Waals surface area (Å²) in [5.74, 6) is 1.84. The largest absolute Gasteiger partial charge is 0.488 e. The predicted molar refractivity (Wildman–Crippen MR) is 111 cm³/mol. The number of hydrogen-bond donors (Lipinski definition) is 0. The molecule has 0 saturated heterocycles. The number of nitriles is 1. The molecule has 0 N–H and O–H groups in total. The minimum absolute atomic E-state index is 0.170. The summed E-state index contributed by atoms with van der Waals surface area (Å²) in [5.41, 5.74) is 3.36. The second-order valence-corrected chi connectivity index (χ2v) is 7.31. The molecule has 144 valence electrons. The van der Waals surface area contributed by atoms with Crippen LogP contribution in [0.25, 0.3) is 11.1 Å². The van der Waals surface area contributed by atoms with E-state index in [1.807, 2.05) is 36.4 Å². The minimum Gasteiger partial charge on any atom is -0.488 e. The monoisotopic (exact) mass is 449 g/mol. The van der Waals surface area contributed by atoms with Gasteiger partial charge in [0.1, 0.15) is 31.6 Å². The molecule has 0 amide bonds. The first kappa shape index (κ1) is 19.0. The molecule has 29 heavy (non-hydrogen) atoms. The molecule has 3 aromatic carbocycles. The molecule has 5 nitrogen and oxygen atoms in total. The van der Waals surface area contributed by atoms with E-state index in [1.54, 1.807) is 18.2 Å². The summed E-state index contributed by atoms with van der Waals surface area (Å²) in [7, 11) is 0. The average Bonchev–Trinajstić information content (AvgIpc) is 2.77. The Kier molecular flexibility index (Phi) is 5.50. The quantitative estimate of drug-likeness (QED) is 0.503. The Balaban J connectivity index is 1.65. The van der Waals surface area contributed by atoms with Crippen molar-refractivity contribution in [1.82, 2.24) is 0 Å². The number of fused-ring (bicyclic) bond motifs is 1. The molecule has 0 spiro atoms. The molecule has 0 atom stereocenters. The molecule has 0 unspecified atom stereocenters. The van der Waals surface area contributed by atoms with E-state index >= 15 is 0 Å². The summed E-state index contributed by atoms with van der Waals surface area (Å²) in [4.78, 5) is 11.3. The molecule has 0 aliphatic carbocycles. The van der Waals surface area contributed by atoms with Crippen LogP contribution in [0.15, 0.2) is 59.1 Å². The van der Waals surface area contributed by atoms with Gasteiger partial charge < -0.3 is 14.2 Å². The fourth-order valence-corrected chi connectivity index (χ4v) is 3.58.